The van der Waals surface area contributed by atoms with Crippen LogP contribution in [0.5, 0.6) is 0 Å². The van der Waals surface area contributed by atoms with Crippen molar-refractivity contribution in [3.63, 3.8) is 0 Å². The predicted octanol–water partition coefficient (Wildman–Crippen LogP) is 2.99. The number of esters is 1. The number of carbonyl (C=O) groups is 4. The van der Waals surface area contributed by atoms with Crippen LogP contribution >= 0.6 is 0 Å². The Morgan fingerprint density at radius 2 is 1.44 bits per heavy atom. The Bertz CT molecular complexity index is 993. The van der Waals surface area contributed by atoms with Crippen LogP contribution in [-0.2, 0) is 16.0 Å². The molecule has 0 radical (unpaired) electrons. The van der Waals surface area contributed by atoms with Gasteiger partial charge in [-0.3, -0.25) is 4.79 Å². The standard InChI is InChI=1S/C14H16O6.C9H11NO2/c1-7-8(11(15)16)5-6-9(10(7)12(17)18)13(19)20-14(2,3)4;10-8(9(11)12)6-7-4-2-1-3-5-7/h5-6H,1-4H3,(H,15,16)(H,17,18);1-5,8H,6,10H2,(H,11,12). The molecule has 5 N–H and O–H groups in total. The van der Waals surface area contributed by atoms with Crippen molar-refractivity contribution in [3.05, 3.63) is 70.3 Å². The van der Waals surface area contributed by atoms with Crippen molar-refractivity contribution in [1.82, 2.24) is 0 Å². The van der Waals surface area contributed by atoms with Gasteiger partial charge >= 0.3 is 23.9 Å². The zero-order valence-corrected chi connectivity index (χ0v) is 18.3. The van der Waals surface area contributed by atoms with E-state index in [0.29, 0.717) is 6.42 Å². The van der Waals surface area contributed by atoms with Crippen LogP contribution in [0.15, 0.2) is 42.5 Å². The Labute approximate surface area is 185 Å². The van der Waals surface area contributed by atoms with E-state index in [1.165, 1.54) is 13.0 Å². The highest BCUT2D eigenvalue weighted by Crippen LogP contribution is 2.22. The second-order valence-corrected chi connectivity index (χ2v) is 7.91. The van der Waals surface area contributed by atoms with Gasteiger partial charge < -0.3 is 25.8 Å². The number of rotatable bonds is 6. The number of hydrogen-bond donors (Lipinski definition) is 4. The molecule has 0 aliphatic heterocycles. The monoisotopic (exact) mass is 445 g/mol. The van der Waals surface area contributed by atoms with E-state index in [2.05, 4.69) is 0 Å². The summed E-state index contributed by atoms with van der Waals surface area (Å²) >= 11 is 0. The molecule has 1 atom stereocenters. The molecule has 0 fully saturated rings. The van der Waals surface area contributed by atoms with E-state index in [-0.39, 0.29) is 22.3 Å². The third-order valence-electron chi connectivity index (χ3n) is 4.14. The van der Waals surface area contributed by atoms with Gasteiger partial charge in [0, 0.05) is 0 Å². The molecule has 2 aromatic carbocycles. The number of benzene rings is 2. The normalized spacial score (nSPS) is 11.5. The van der Waals surface area contributed by atoms with Crippen LogP contribution in [-0.4, -0.2) is 50.8 Å². The van der Waals surface area contributed by atoms with Crippen molar-refractivity contribution in [1.29, 1.82) is 0 Å². The summed E-state index contributed by atoms with van der Waals surface area (Å²) in [6.45, 7) is 6.32. The summed E-state index contributed by atoms with van der Waals surface area (Å²) in [4.78, 5) is 44.6. The van der Waals surface area contributed by atoms with Crippen molar-refractivity contribution in [3.8, 4) is 0 Å². The summed E-state index contributed by atoms with van der Waals surface area (Å²) in [5.74, 6) is -4.37. The molecule has 9 nitrogen and oxygen atoms in total. The molecule has 1 unspecified atom stereocenters. The molecule has 0 aromatic heterocycles. The molecular formula is C23H27NO8. The Balaban J connectivity index is 0.000000363. The first-order valence-corrected chi connectivity index (χ1v) is 9.60. The van der Waals surface area contributed by atoms with Gasteiger partial charge in [0.2, 0.25) is 0 Å². The number of aliphatic carboxylic acids is 1. The number of nitrogens with two attached hydrogens (primary N) is 1. The number of ether oxygens (including phenoxy) is 1. The third-order valence-corrected chi connectivity index (χ3v) is 4.14. The van der Waals surface area contributed by atoms with E-state index in [1.807, 2.05) is 30.3 Å². The van der Waals surface area contributed by atoms with Gasteiger partial charge in [0.15, 0.2) is 0 Å². The quantitative estimate of drug-likeness (QED) is 0.489. The van der Waals surface area contributed by atoms with E-state index in [0.717, 1.165) is 11.6 Å². The van der Waals surface area contributed by atoms with Crippen LogP contribution in [0.4, 0.5) is 0 Å². The molecule has 0 amide bonds. The zero-order chi connectivity index (χ0) is 24.6. The van der Waals surface area contributed by atoms with Gasteiger partial charge in [-0.25, -0.2) is 14.4 Å². The SMILES string of the molecule is Cc1c(C(=O)O)ccc(C(=O)OC(C)(C)C)c1C(=O)O.NC(Cc1ccccc1)C(=O)O. The van der Waals surface area contributed by atoms with Gasteiger partial charge in [-0.2, -0.15) is 0 Å². The Morgan fingerprint density at radius 3 is 1.88 bits per heavy atom. The lowest BCUT2D eigenvalue weighted by molar-refractivity contribution is -0.138. The molecular weight excluding hydrogens is 418 g/mol. The van der Waals surface area contributed by atoms with Crippen LogP contribution in [0.3, 0.4) is 0 Å². The van der Waals surface area contributed by atoms with Gasteiger partial charge in [0.1, 0.15) is 11.6 Å². The summed E-state index contributed by atoms with van der Waals surface area (Å²) in [5, 5.41) is 26.7. The fourth-order valence-corrected chi connectivity index (χ4v) is 2.68. The topological polar surface area (TPSA) is 164 Å². The Hall–Kier alpha value is -3.72. The zero-order valence-electron chi connectivity index (χ0n) is 18.3. The summed E-state index contributed by atoms with van der Waals surface area (Å²) in [5.41, 5.74) is 4.89. The van der Waals surface area contributed by atoms with Gasteiger partial charge in [0.05, 0.1) is 16.7 Å². The van der Waals surface area contributed by atoms with Crippen LogP contribution in [0.25, 0.3) is 0 Å². The van der Waals surface area contributed by atoms with Crippen molar-refractivity contribution in [2.75, 3.05) is 0 Å². The van der Waals surface area contributed by atoms with E-state index >= 15 is 0 Å². The fourth-order valence-electron chi connectivity index (χ4n) is 2.68. The molecule has 0 bridgehead atoms. The Morgan fingerprint density at radius 1 is 0.906 bits per heavy atom. The lowest BCUT2D eigenvalue weighted by Crippen LogP contribution is -2.32. The maximum atomic E-state index is 12.0. The molecule has 2 aromatic rings. The molecule has 0 saturated carbocycles. The lowest BCUT2D eigenvalue weighted by Gasteiger charge is -2.20. The molecule has 9 heteroatoms. The number of carboxylic acids is 3. The number of carboxylic acid groups (broad SMARTS) is 3. The van der Waals surface area contributed by atoms with Gasteiger partial charge in [0.25, 0.3) is 0 Å². The smallest absolute Gasteiger partial charge is 0.339 e. The van der Waals surface area contributed by atoms with Gasteiger partial charge in [-0.1, -0.05) is 30.3 Å². The maximum absolute atomic E-state index is 12.0. The van der Waals surface area contributed by atoms with E-state index in [9.17, 15) is 24.3 Å². The van der Waals surface area contributed by atoms with Crippen LogP contribution in [0.2, 0.25) is 0 Å². The summed E-state index contributed by atoms with van der Waals surface area (Å²) in [6, 6.07) is 10.9. The molecule has 0 saturated heterocycles. The van der Waals surface area contributed by atoms with E-state index in [1.54, 1.807) is 20.8 Å². The molecule has 0 aliphatic rings. The lowest BCUT2D eigenvalue weighted by atomic mass is 9.96. The molecule has 2 rings (SSSR count). The third kappa shape index (κ3) is 7.84. The predicted molar refractivity (Wildman–Crippen MR) is 116 cm³/mol. The van der Waals surface area contributed by atoms with Crippen LogP contribution in [0, 0.1) is 6.92 Å². The van der Waals surface area contributed by atoms with E-state index < -0.39 is 35.5 Å². The number of carbonyl (C=O) groups excluding carboxylic acids is 1. The minimum absolute atomic E-state index is 0.0216. The second-order valence-electron chi connectivity index (χ2n) is 7.91. The first-order valence-electron chi connectivity index (χ1n) is 9.60. The highest BCUT2D eigenvalue weighted by molar-refractivity contribution is 6.06. The first kappa shape index (κ1) is 26.3. The summed E-state index contributed by atoms with van der Waals surface area (Å²) in [7, 11) is 0. The molecule has 0 aliphatic carbocycles. The highest BCUT2D eigenvalue weighted by Gasteiger charge is 2.26. The first-order chi connectivity index (χ1) is 14.7. The maximum Gasteiger partial charge on any atom is 0.339 e. The average Bonchev–Trinajstić information content (AvgIpc) is 2.67. The number of aromatic carboxylic acids is 2. The van der Waals surface area contributed by atoms with Gasteiger partial charge in [-0.05, 0) is 57.4 Å². The van der Waals surface area contributed by atoms with Crippen molar-refractivity contribution >= 4 is 23.9 Å². The van der Waals surface area contributed by atoms with Crippen molar-refractivity contribution in [2.24, 2.45) is 5.73 Å². The van der Waals surface area contributed by atoms with Gasteiger partial charge in [-0.15, -0.1) is 0 Å². The molecule has 0 spiro atoms. The molecule has 32 heavy (non-hydrogen) atoms. The summed E-state index contributed by atoms with van der Waals surface area (Å²) < 4.78 is 5.12. The second kappa shape index (κ2) is 11.1. The van der Waals surface area contributed by atoms with Crippen LogP contribution < -0.4 is 5.73 Å². The fraction of sp³-hybridized carbons (Fsp3) is 0.304. The van der Waals surface area contributed by atoms with Crippen molar-refractivity contribution in [2.45, 2.75) is 45.8 Å². The minimum Gasteiger partial charge on any atom is -0.480 e. The van der Waals surface area contributed by atoms with E-state index in [4.69, 9.17) is 20.7 Å². The molecule has 172 valence electrons. The summed E-state index contributed by atoms with van der Waals surface area (Å²) in [6.07, 6.45) is 0.385. The van der Waals surface area contributed by atoms with Crippen molar-refractivity contribution < 1.29 is 39.2 Å². The Kier molecular flexibility index (Phi) is 9.09. The molecule has 0 heterocycles. The minimum atomic E-state index is -1.37. The largest absolute Gasteiger partial charge is 0.480 e. The van der Waals surface area contributed by atoms with Crippen LogP contribution in [0.1, 0.15) is 63.0 Å². The highest BCUT2D eigenvalue weighted by atomic mass is 16.6. The average molecular weight is 445 g/mol. The number of hydrogen-bond acceptors (Lipinski definition) is 6.